The Hall–Kier alpha value is -1.50. The normalized spacial score (nSPS) is 10.1. The minimum atomic E-state index is 0.339. The third-order valence-electron chi connectivity index (χ3n) is 2.08. The Balaban J connectivity index is 2.39. The van der Waals surface area contributed by atoms with Crippen LogP contribution in [-0.2, 0) is 6.42 Å². The maximum absolute atomic E-state index is 8.56. The zero-order valence-corrected chi connectivity index (χ0v) is 9.70. The summed E-state index contributed by atoms with van der Waals surface area (Å²) in [4.78, 5) is 0. The minimum Gasteiger partial charge on any atom is -0.239 e. The molecule has 16 heavy (non-hydrogen) atoms. The molecule has 0 bridgehead atoms. The van der Waals surface area contributed by atoms with E-state index in [0.29, 0.717) is 16.5 Å². The summed E-state index contributed by atoms with van der Waals surface area (Å²) in [7, 11) is 0. The van der Waals surface area contributed by atoms with Crippen molar-refractivity contribution in [3.8, 4) is 11.8 Å². The average molecular weight is 252 g/mol. The van der Waals surface area contributed by atoms with Crippen LogP contribution >= 0.6 is 23.2 Å². The molecular formula is C11H7Cl2N3. The van der Waals surface area contributed by atoms with Gasteiger partial charge in [-0.1, -0.05) is 23.2 Å². The highest BCUT2D eigenvalue weighted by atomic mass is 35.5. The molecular weight excluding hydrogens is 245 g/mol. The Morgan fingerprint density at radius 2 is 2.19 bits per heavy atom. The lowest BCUT2D eigenvalue weighted by molar-refractivity contribution is 0.880. The van der Waals surface area contributed by atoms with E-state index in [1.807, 2.05) is 0 Å². The molecule has 0 saturated heterocycles. The second kappa shape index (κ2) is 4.56. The van der Waals surface area contributed by atoms with Gasteiger partial charge in [0.05, 0.1) is 29.4 Å². The van der Waals surface area contributed by atoms with Crippen molar-refractivity contribution < 1.29 is 0 Å². The molecule has 0 fully saturated rings. The molecule has 0 N–H and O–H groups in total. The SMILES string of the molecule is N#CCc1cnn(-c2ccc(Cl)cc2Cl)c1. The van der Waals surface area contributed by atoms with Gasteiger partial charge in [-0.3, -0.25) is 0 Å². The maximum Gasteiger partial charge on any atom is 0.0832 e. The van der Waals surface area contributed by atoms with Gasteiger partial charge in [-0.2, -0.15) is 10.4 Å². The molecule has 1 heterocycles. The van der Waals surface area contributed by atoms with E-state index >= 15 is 0 Å². The number of benzene rings is 1. The molecule has 5 heteroatoms. The largest absolute Gasteiger partial charge is 0.239 e. The van der Waals surface area contributed by atoms with E-state index in [-0.39, 0.29) is 0 Å². The Morgan fingerprint density at radius 1 is 1.38 bits per heavy atom. The van der Waals surface area contributed by atoms with Crippen LogP contribution in [-0.4, -0.2) is 9.78 Å². The molecule has 0 spiro atoms. The van der Waals surface area contributed by atoms with E-state index in [1.165, 1.54) is 0 Å². The summed E-state index contributed by atoms with van der Waals surface area (Å²) in [5.41, 5.74) is 1.60. The van der Waals surface area contributed by atoms with Crippen LogP contribution in [0.15, 0.2) is 30.6 Å². The fraction of sp³-hybridized carbons (Fsp3) is 0.0909. The van der Waals surface area contributed by atoms with E-state index in [1.54, 1.807) is 35.3 Å². The first kappa shape index (κ1) is 11.0. The minimum absolute atomic E-state index is 0.339. The third-order valence-corrected chi connectivity index (χ3v) is 2.61. The Labute approximate surface area is 103 Å². The summed E-state index contributed by atoms with van der Waals surface area (Å²) in [6.07, 6.45) is 3.76. The van der Waals surface area contributed by atoms with Crippen molar-refractivity contribution >= 4 is 23.2 Å². The summed E-state index contributed by atoms with van der Waals surface area (Å²) < 4.78 is 1.63. The van der Waals surface area contributed by atoms with Gasteiger partial charge in [-0.05, 0) is 18.2 Å². The molecule has 3 nitrogen and oxygen atoms in total. The molecule has 80 valence electrons. The van der Waals surface area contributed by atoms with E-state index in [9.17, 15) is 0 Å². The van der Waals surface area contributed by atoms with E-state index in [0.717, 1.165) is 11.3 Å². The molecule has 0 atom stereocenters. The van der Waals surface area contributed by atoms with Gasteiger partial charge in [0.25, 0.3) is 0 Å². The maximum atomic E-state index is 8.56. The van der Waals surface area contributed by atoms with Gasteiger partial charge in [0, 0.05) is 16.8 Å². The summed E-state index contributed by atoms with van der Waals surface area (Å²) in [6.45, 7) is 0. The Morgan fingerprint density at radius 3 is 2.88 bits per heavy atom. The smallest absolute Gasteiger partial charge is 0.0832 e. The number of hydrogen-bond acceptors (Lipinski definition) is 2. The fourth-order valence-electron chi connectivity index (χ4n) is 1.34. The van der Waals surface area contributed by atoms with Gasteiger partial charge in [-0.15, -0.1) is 0 Å². The molecule has 0 radical (unpaired) electrons. The summed E-state index contributed by atoms with van der Waals surface area (Å²) >= 11 is 11.8. The lowest BCUT2D eigenvalue weighted by atomic mass is 10.3. The molecule has 2 rings (SSSR count). The quantitative estimate of drug-likeness (QED) is 0.823. The Kier molecular flexibility index (Phi) is 3.14. The first-order valence-electron chi connectivity index (χ1n) is 4.56. The molecule has 0 aliphatic rings. The molecule has 0 saturated carbocycles. The number of halogens is 2. The highest BCUT2D eigenvalue weighted by molar-refractivity contribution is 6.35. The van der Waals surface area contributed by atoms with Crippen LogP contribution in [0, 0.1) is 11.3 Å². The van der Waals surface area contributed by atoms with Crippen molar-refractivity contribution in [3.63, 3.8) is 0 Å². The predicted molar refractivity (Wildman–Crippen MR) is 62.9 cm³/mol. The number of nitrogens with zero attached hydrogens (tertiary/aromatic N) is 3. The van der Waals surface area contributed by atoms with Gasteiger partial charge in [-0.25, -0.2) is 4.68 Å². The number of rotatable bonds is 2. The number of hydrogen-bond donors (Lipinski definition) is 0. The number of nitriles is 1. The van der Waals surface area contributed by atoms with Crippen LogP contribution in [0.4, 0.5) is 0 Å². The molecule has 2 aromatic rings. The van der Waals surface area contributed by atoms with Gasteiger partial charge < -0.3 is 0 Å². The van der Waals surface area contributed by atoms with E-state index < -0.39 is 0 Å². The highest BCUT2D eigenvalue weighted by Crippen LogP contribution is 2.23. The van der Waals surface area contributed by atoms with E-state index in [2.05, 4.69) is 11.2 Å². The van der Waals surface area contributed by atoms with Crippen molar-refractivity contribution in [1.82, 2.24) is 9.78 Å². The van der Waals surface area contributed by atoms with Crippen LogP contribution in [0.25, 0.3) is 5.69 Å². The van der Waals surface area contributed by atoms with Crippen molar-refractivity contribution in [2.45, 2.75) is 6.42 Å². The molecule has 0 unspecified atom stereocenters. The molecule has 1 aromatic heterocycles. The van der Waals surface area contributed by atoms with Crippen LogP contribution in [0.2, 0.25) is 10.0 Å². The van der Waals surface area contributed by atoms with Gasteiger partial charge in [0.1, 0.15) is 0 Å². The summed E-state index contributed by atoms with van der Waals surface area (Å²) in [5, 5.41) is 13.8. The van der Waals surface area contributed by atoms with Crippen molar-refractivity contribution in [1.29, 1.82) is 5.26 Å². The van der Waals surface area contributed by atoms with Crippen molar-refractivity contribution in [2.24, 2.45) is 0 Å². The monoisotopic (exact) mass is 251 g/mol. The van der Waals surface area contributed by atoms with Crippen molar-refractivity contribution in [2.75, 3.05) is 0 Å². The fourth-order valence-corrected chi connectivity index (χ4v) is 1.84. The summed E-state index contributed by atoms with van der Waals surface area (Å²) in [5.74, 6) is 0. The molecule has 0 aliphatic heterocycles. The van der Waals surface area contributed by atoms with Crippen LogP contribution < -0.4 is 0 Å². The second-order valence-corrected chi connectivity index (χ2v) is 4.07. The standard InChI is InChI=1S/C11H7Cl2N3/c12-9-1-2-11(10(13)5-9)16-7-8(3-4-14)6-15-16/h1-2,5-7H,3H2. The lowest BCUT2D eigenvalue weighted by Gasteiger charge is -2.03. The second-order valence-electron chi connectivity index (χ2n) is 3.22. The topological polar surface area (TPSA) is 41.6 Å². The molecule has 0 aliphatic carbocycles. The summed E-state index contributed by atoms with van der Waals surface area (Å²) in [6, 6.07) is 7.25. The first-order chi connectivity index (χ1) is 7.70. The van der Waals surface area contributed by atoms with Crippen molar-refractivity contribution in [3.05, 3.63) is 46.2 Å². The Bertz CT molecular complexity index is 555. The highest BCUT2D eigenvalue weighted by Gasteiger charge is 2.05. The number of aromatic nitrogens is 2. The zero-order chi connectivity index (χ0) is 11.5. The van der Waals surface area contributed by atoms with Crippen LogP contribution in [0.5, 0.6) is 0 Å². The van der Waals surface area contributed by atoms with Crippen LogP contribution in [0.1, 0.15) is 5.56 Å². The van der Waals surface area contributed by atoms with Crippen LogP contribution in [0.3, 0.4) is 0 Å². The van der Waals surface area contributed by atoms with E-state index in [4.69, 9.17) is 28.5 Å². The van der Waals surface area contributed by atoms with Gasteiger partial charge >= 0.3 is 0 Å². The molecule has 0 amide bonds. The van der Waals surface area contributed by atoms with Gasteiger partial charge in [0.15, 0.2) is 0 Å². The predicted octanol–water partition coefficient (Wildman–Crippen LogP) is 3.25. The van der Waals surface area contributed by atoms with Gasteiger partial charge in [0.2, 0.25) is 0 Å². The zero-order valence-electron chi connectivity index (χ0n) is 8.19. The molecule has 1 aromatic carbocycles. The average Bonchev–Trinajstić information content (AvgIpc) is 2.67. The third kappa shape index (κ3) is 2.19. The first-order valence-corrected chi connectivity index (χ1v) is 5.32. The lowest BCUT2D eigenvalue weighted by Crippen LogP contribution is -1.94.